The van der Waals surface area contributed by atoms with Gasteiger partial charge in [0.1, 0.15) is 5.65 Å². The topological polar surface area (TPSA) is 101 Å². The monoisotopic (exact) mass is 577 g/mol. The van der Waals surface area contributed by atoms with E-state index in [1.807, 2.05) is 6.07 Å². The number of nitrogens with one attached hydrogen (secondary N) is 1. The minimum atomic E-state index is -4.12. The highest BCUT2D eigenvalue weighted by molar-refractivity contribution is 7.91. The van der Waals surface area contributed by atoms with Crippen molar-refractivity contribution >= 4 is 26.8 Å². The Bertz CT molecular complexity index is 1470. The van der Waals surface area contributed by atoms with Gasteiger partial charge in [-0.2, -0.15) is 13.2 Å². The zero-order valence-electron chi connectivity index (χ0n) is 22.3. The highest BCUT2D eigenvalue weighted by Gasteiger charge is 2.41. The molecule has 1 atom stereocenters. The lowest BCUT2D eigenvalue weighted by molar-refractivity contribution is -0.183. The molecule has 11 heteroatoms. The third-order valence-corrected chi connectivity index (χ3v) is 10.00. The second kappa shape index (κ2) is 11.2. The SMILES string of the molecule is CCS(=O)(=O)c1ccc(C(CO)NC(=O)c2cnc3c(c2)cc(CC2CCC(C(F)(F)F)CC2)n3C2CC2)cc1. The normalized spacial score (nSPS) is 20.9. The third-order valence-electron chi connectivity index (χ3n) is 8.25. The number of amides is 1. The van der Waals surface area contributed by atoms with E-state index in [9.17, 15) is 31.5 Å². The fourth-order valence-corrected chi connectivity index (χ4v) is 6.61. The molecule has 216 valence electrons. The van der Waals surface area contributed by atoms with Crippen LogP contribution >= 0.6 is 0 Å². The molecule has 2 aliphatic carbocycles. The average Bonchev–Trinajstić information content (AvgIpc) is 3.71. The van der Waals surface area contributed by atoms with E-state index in [0.29, 0.717) is 36.4 Å². The molecular weight excluding hydrogens is 543 g/mol. The van der Waals surface area contributed by atoms with Gasteiger partial charge in [-0.25, -0.2) is 13.4 Å². The minimum absolute atomic E-state index is 0.0225. The molecule has 2 fully saturated rings. The first-order valence-corrected chi connectivity index (χ1v) is 15.5. The number of fused-ring (bicyclic) bond motifs is 1. The highest BCUT2D eigenvalue weighted by Crippen LogP contribution is 2.43. The van der Waals surface area contributed by atoms with Crippen molar-refractivity contribution in [2.45, 2.75) is 75.0 Å². The quantitative estimate of drug-likeness (QED) is 0.348. The molecule has 0 aliphatic heterocycles. The summed E-state index contributed by atoms with van der Waals surface area (Å²) in [6.07, 6.45) is 1.55. The lowest BCUT2D eigenvalue weighted by Crippen LogP contribution is -2.30. The summed E-state index contributed by atoms with van der Waals surface area (Å²) in [6, 6.07) is 9.44. The molecule has 2 N–H and O–H groups in total. The molecular formula is C29H34F3N3O4S. The van der Waals surface area contributed by atoms with E-state index in [-0.39, 0.29) is 36.0 Å². The summed E-state index contributed by atoms with van der Waals surface area (Å²) in [5, 5.41) is 13.5. The number of aliphatic hydroxyl groups excluding tert-OH is 1. The molecule has 1 aromatic carbocycles. The summed E-state index contributed by atoms with van der Waals surface area (Å²) < 4.78 is 65.7. The standard InChI is InChI=1S/C29H34F3N3O4S/c1-2-40(38,39)25-11-5-19(6-12-25)26(17-36)34-28(37)21-14-20-15-24(35(23-9-10-23)27(20)33-16-21)13-18-3-7-22(8-4-18)29(30,31)32/h5-6,11-12,14-16,18,22-23,26,36H,2-4,7-10,13,17H2,1H3,(H,34,37). The van der Waals surface area contributed by atoms with Gasteiger partial charge in [0, 0.05) is 23.3 Å². The van der Waals surface area contributed by atoms with E-state index < -0.39 is 33.9 Å². The van der Waals surface area contributed by atoms with Gasteiger partial charge in [-0.15, -0.1) is 0 Å². The first-order chi connectivity index (χ1) is 19.0. The number of hydrogen-bond acceptors (Lipinski definition) is 5. The van der Waals surface area contributed by atoms with Gasteiger partial charge in [0.15, 0.2) is 9.84 Å². The Morgan fingerprint density at radius 2 is 1.77 bits per heavy atom. The van der Waals surface area contributed by atoms with Gasteiger partial charge in [0.05, 0.1) is 34.8 Å². The molecule has 2 heterocycles. The number of nitrogens with zero attached hydrogens (tertiary/aromatic N) is 2. The van der Waals surface area contributed by atoms with E-state index in [2.05, 4.69) is 14.9 Å². The van der Waals surface area contributed by atoms with Gasteiger partial charge in [-0.1, -0.05) is 19.1 Å². The van der Waals surface area contributed by atoms with Crippen LogP contribution in [0.15, 0.2) is 47.5 Å². The molecule has 2 saturated carbocycles. The summed E-state index contributed by atoms with van der Waals surface area (Å²) in [6.45, 7) is 1.19. The third kappa shape index (κ3) is 6.05. The smallest absolute Gasteiger partial charge is 0.391 e. The van der Waals surface area contributed by atoms with Gasteiger partial charge in [-0.3, -0.25) is 4.79 Å². The van der Waals surface area contributed by atoms with Crippen LogP contribution in [0.1, 0.15) is 79.1 Å². The maximum absolute atomic E-state index is 13.1. The van der Waals surface area contributed by atoms with Crippen LogP contribution in [0.2, 0.25) is 0 Å². The van der Waals surface area contributed by atoms with Crippen molar-refractivity contribution in [2.75, 3.05) is 12.4 Å². The van der Waals surface area contributed by atoms with Crippen LogP contribution < -0.4 is 5.32 Å². The molecule has 0 spiro atoms. The predicted octanol–water partition coefficient (Wildman–Crippen LogP) is 5.54. The Morgan fingerprint density at radius 3 is 2.35 bits per heavy atom. The molecule has 7 nitrogen and oxygen atoms in total. The molecule has 1 amide bonds. The van der Waals surface area contributed by atoms with Gasteiger partial charge in [-0.05, 0) is 80.7 Å². The highest BCUT2D eigenvalue weighted by atomic mass is 32.2. The molecule has 0 radical (unpaired) electrons. The Morgan fingerprint density at radius 1 is 1.10 bits per heavy atom. The van der Waals surface area contributed by atoms with Crippen molar-refractivity contribution in [2.24, 2.45) is 11.8 Å². The second-order valence-electron chi connectivity index (χ2n) is 11.0. The Hall–Kier alpha value is -2.92. The Labute approximate surface area is 231 Å². The van der Waals surface area contributed by atoms with Crippen LogP contribution in [0.4, 0.5) is 13.2 Å². The van der Waals surface area contributed by atoms with Gasteiger partial charge < -0.3 is 15.0 Å². The summed E-state index contributed by atoms with van der Waals surface area (Å²) in [5.74, 6) is -1.46. The zero-order chi connectivity index (χ0) is 28.7. The number of aromatic nitrogens is 2. The summed E-state index contributed by atoms with van der Waals surface area (Å²) in [4.78, 5) is 17.9. The van der Waals surface area contributed by atoms with Crippen LogP contribution in [0.25, 0.3) is 11.0 Å². The van der Waals surface area contributed by atoms with Crippen molar-refractivity contribution in [3.8, 4) is 0 Å². The molecule has 5 rings (SSSR count). The molecule has 0 saturated heterocycles. The maximum atomic E-state index is 13.1. The lowest BCUT2D eigenvalue weighted by Gasteiger charge is -2.30. The van der Waals surface area contributed by atoms with Crippen molar-refractivity contribution < 1.29 is 31.5 Å². The molecule has 40 heavy (non-hydrogen) atoms. The molecule has 2 aliphatic rings. The van der Waals surface area contributed by atoms with Crippen molar-refractivity contribution in [3.05, 3.63) is 59.4 Å². The average molecular weight is 578 g/mol. The van der Waals surface area contributed by atoms with Crippen LogP contribution in [0, 0.1) is 11.8 Å². The maximum Gasteiger partial charge on any atom is 0.391 e. The summed E-state index contributed by atoms with van der Waals surface area (Å²) in [7, 11) is -3.36. The number of aliphatic hydroxyl groups is 1. The zero-order valence-corrected chi connectivity index (χ0v) is 23.1. The molecule has 1 unspecified atom stereocenters. The van der Waals surface area contributed by atoms with E-state index in [1.54, 1.807) is 25.1 Å². The first kappa shape index (κ1) is 28.6. The Kier molecular flexibility index (Phi) is 7.98. The molecule has 3 aromatic rings. The number of carbonyl (C=O) groups is 1. The Balaban J connectivity index is 1.32. The molecule has 2 aromatic heterocycles. The van der Waals surface area contributed by atoms with Crippen LogP contribution in [-0.2, 0) is 16.3 Å². The lowest BCUT2D eigenvalue weighted by atomic mass is 9.79. The van der Waals surface area contributed by atoms with Crippen molar-refractivity contribution in [1.29, 1.82) is 0 Å². The van der Waals surface area contributed by atoms with E-state index in [4.69, 9.17) is 0 Å². The van der Waals surface area contributed by atoms with Crippen LogP contribution in [0.5, 0.6) is 0 Å². The number of alkyl halides is 3. The number of pyridine rings is 1. The number of rotatable bonds is 9. The first-order valence-electron chi connectivity index (χ1n) is 13.8. The fraction of sp³-hybridized carbons (Fsp3) is 0.517. The van der Waals surface area contributed by atoms with E-state index >= 15 is 0 Å². The van der Waals surface area contributed by atoms with Gasteiger partial charge in [0.2, 0.25) is 0 Å². The van der Waals surface area contributed by atoms with Crippen molar-refractivity contribution in [3.63, 3.8) is 0 Å². The van der Waals surface area contributed by atoms with E-state index in [0.717, 1.165) is 29.6 Å². The summed E-state index contributed by atoms with van der Waals surface area (Å²) >= 11 is 0. The number of halogens is 3. The van der Waals surface area contributed by atoms with Crippen LogP contribution in [0.3, 0.4) is 0 Å². The number of hydrogen-bond donors (Lipinski definition) is 2. The molecule has 0 bridgehead atoms. The van der Waals surface area contributed by atoms with Crippen LogP contribution in [-0.4, -0.2) is 47.5 Å². The largest absolute Gasteiger partial charge is 0.394 e. The minimum Gasteiger partial charge on any atom is -0.394 e. The van der Waals surface area contributed by atoms with Crippen molar-refractivity contribution in [1.82, 2.24) is 14.9 Å². The summed E-state index contributed by atoms with van der Waals surface area (Å²) in [5.41, 5.74) is 2.71. The van der Waals surface area contributed by atoms with Gasteiger partial charge >= 0.3 is 6.18 Å². The predicted molar refractivity (Wildman–Crippen MR) is 145 cm³/mol. The number of carbonyl (C=O) groups excluding carboxylic acids is 1. The second-order valence-corrected chi connectivity index (χ2v) is 13.3. The fourth-order valence-electron chi connectivity index (χ4n) is 5.73. The van der Waals surface area contributed by atoms with Gasteiger partial charge in [0.25, 0.3) is 5.91 Å². The van der Waals surface area contributed by atoms with E-state index in [1.165, 1.54) is 18.3 Å². The number of sulfone groups is 1. The number of benzene rings is 1.